The van der Waals surface area contributed by atoms with Crippen LogP contribution in [-0.2, 0) is 9.53 Å². The highest BCUT2D eigenvalue weighted by atomic mass is 16.6. The van der Waals surface area contributed by atoms with Gasteiger partial charge in [-0.05, 0) is 29.0 Å². The summed E-state index contributed by atoms with van der Waals surface area (Å²) >= 11 is 0. The number of esters is 1. The zero-order chi connectivity index (χ0) is 21.7. The van der Waals surface area contributed by atoms with Crippen LogP contribution in [0.25, 0.3) is 10.8 Å². The van der Waals surface area contributed by atoms with Gasteiger partial charge in [0.2, 0.25) is 0 Å². The summed E-state index contributed by atoms with van der Waals surface area (Å²) in [5.41, 5.74) is -0.121. The molecule has 1 N–H and O–H groups in total. The highest BCUT2D eigenvalue weighted by Crippen LogP contribution is 2.26. The standard InChI is InChI=1S/C21H15N3O6/c1-29-19-10-14-5-3-2-4-13(14)9-17(19)21(26)30-12-20(25)23-18-7-6-16(24(27)28)8-15(18)11-22/h2-10H,12H2,1H3,(H,23,25). The maximum atomic E-state index is 12.5. The molecular weight excluding hydrogens is 390 g/mol. The molecule has 30 heavy (non-hydrogen) atoms. The van der Waals surface area contributed by atoms with Crippen molar-refractivity contribution >= 4 is 34.0 Å². The lowest BCUT2D eigenvalue weighted by Crippen LogP contribution is -2.21. The first kappa shape index (κ1) is 20.3. The van der Waals surface area contributed by atoms with Crippen molar-refractivity contribution in [1.29, 1.82) is 5.26 Å². The second-order valence-electron chi connectivity index (χ2n) is 6.12. The highest BCUT2D eigenvalue weighted by molar-refractivity contribution is 6.00. The van der Waals surface area contributed by atoms with Gasteiger partial charge in [-0.15, -0.1) is 0 Å². The van der Waals surface area contributed by atoms with Crippen LogP contribution < -0.4 is 10.1 Å². The van der Waals surface area contributed by atoms with E-state index in [0.29, 0.717) is 5.75 Å². The Labute approximate surface area is 170 Å². The topological polar surface area (TPSA) is 132 Å². The van der Waals surface area contributed by atoms with Crippen molar-refractivity contribution in [2.24, 2.45) is 0 Å². The van der Waals surface area contributed by atoms with Gasteiger partial charge in [-0.25, -0.2) is 4.79 Å². The van der Waals surface area contributed by atoms with E-state index in [1.54, 1.807) is 18.2 Å². The largest absolute Gasteiger partial charge is 0.496 e. The minimum Gasteiger partial charge on any atom is -0.496 e. The number of nitro benzene ring substituents is 1. The monoisotopic (exact) mass is 405 g/mol. The number of nitrogens with zero attached hydrogens (tertiary/aromatic N) is 2. The van der Waals surface area contributed by atoms with Gasteiger partial charge in [0.1, 0.15) is 17.4 Å². The lowest BCUT2D eigenvalue weighted by molar-refractivity contribution is -0.384. The van der Waals surface area contributed by atoms with E-state index in [1.807, 2.05) is 24.3 Å². The summed E-state index contributed by atoms with van der Waals surface area (Å²) < 4.78 is 10.3. The van der Waals surface area contributed by atoms with Gasteiger partial charge < -0.3 is 14.8 Å². The molecule has 3 aromatic carbocycles. The molecule has 3 rings (SSSR count). The number of carbonyl (C=O) groups excluding carboxylic acids is 2. The van der Waals surface area contributed by atoms with Gasteiger partial charge in [0.05, 0.1) is 23.3 Å². The van der Waals surface area contributed by atoms with Crippen LogP contribution >= 0.6 is 0 Å². The van der Waals surface area contributed by atoms with Crippen LogP contribution in [-0.4, -0.2) is 30.5 Å². The summed E-state index contributed by atoms with van der Waals surface area (Å²) in [5, 5.41) is 24.0. The van der Waals surface area contributed by atoms with E-state index in [2.05, 4.69) is 5.32 Å². The Morgan fingerprint density at radius 3 is 2.47 bits per heavy atom. The molecule has 9 nitrogen and oxygen atoms in total. The van der Waals surface area contributed by atoms with E-state index in [4.69, 9.17) is 14.7 Å². The average molecular weight is 405 g/mol. The maximum Gasteiger partial charge on any atom is 0.342 e. The zero-order valence-electron chi connectivity index (χ0n) is 15.7. The molecule has 0 heterocycles. The smallest absolute Gasteiger partial charge is 0.342 e. The molecule has 0 fully saturated rings. The van der Waals surface area contributed by atoms with Crippen molar-refractivity contribution < 1.29 is 24.0 Å². The second kappa shape index (κ2) is 8.70. The summed E-state index contributed by atoms with van der Waals surface area (Å²) in [6.45, 7) is -0.614. The van der Waals surface area contributed by atoms with E-state index < -0.39 is 23.4 Å². The first-order chi connectivity index (χ1) is 14.4. The Balaban J connectivity index is 1.71. The third-order valence-corrected chi connectivity index (χ3v) is 4.23. The second-order valence-corrected chi connectivity index (χ2v) is 6.12. The van der Waals surface area contributed by atoms with Crippen molar-refractivity contribution in [3.63, 3.8) is 0 Å². The lowest BCUT2D eigenvalue weighted by atomic mass is 10.1. The molecule has 150 valence electrons. The van der Waals surface area contributed by atoms with E-state index >= 15 is 0 Å². The fourth-order valence-electron chi connectivity index (χ4n) is 2.79. The van der Waals surface area contributed by atoms with Crippen molar-refractivity contribution in [1.82, 2.24) is 0 Å². The van der Waals surface area contributed by atoms with Crippen molar-refractivity contribution in [2.75, 3.05) is 19.0 Å². The van der Waals surface area contributed by atoms with Crippen molar-refractivity contribution in [3.8, 4) is 11.8 Å². The van der Waals surface area contributed by atoms with E-state index in [9.17, 15) is 19.7 Å². The predicted octanol–water partition coefficient (Wildman–Crippen LogP) is 3.42. The Morgan fingerprint density at radius 2 is 1.83 bits per heavy atom. The SMILES string of the molecule is COc1cc2ccccc2cc1C(=O)OCC(=O)Nc1ccc([N+](=O)[O-])cc1C#N. The van der Waals surface area contributed by atoms with Crippen LogP contribution in [0.15, 0.2) is 54.6 Å². The van der Waals surface area contributed by atoms with Crippen LogP contribution in [0.4, 0.5) is 11.4 Å². The Hall–Kier alpha value is -4.45. The number of amides is 1. The normalized spacial score (nSPS) is 10.1. The number of non-ortho nitro benzene ring substituents is 1. The summed E-state index contributed by atoms with van der Waals surface area (Å²) in [6, 6.07) is 15.9. The first-order valence-electron chi connectivity index (χ1n) is 8.65. The molecule has 0 aromatic heterocycles. The van der Waals surface area contributed by atoms with Gasteiger partial charge in [-0.2, -0.15) is 5.26 Å². The van der Waals surface area contributed by atoms with Gasteiger partial charge >= 0.3 is 5.97 Å². The van der Waals surface area contributed by atoms with Gasteiger partial charge in [-0.3, -0.25) is 14.9 Å². The maximum absolute atomic E-state index is 12.5. The summed E-state index contributed by atoms with van der Waals surface area (Å²) in [5.74, 6) is -1.15. The summed E-state index contributed by atoms with van der Waals surface area (Å²) in [6.07, 6.45) is 0. The minimum atomic E-state index is -0.753. The molecule has 0 aliphatic rings. The molecule has 0 saturated carbocycles. The van der Waals surface area contributed by atoms with Crippen molar-refractivity contribution in [3.05, 3.63) is 75.8 Å². The first-order valence-corrected chi connectivity index (χ1v) is 8.65. The molecule has 0 bridgehead atoms. The highest BCUT2D eigenvalue weighted by Gasteiger charge is 2.18. The number of ether oxygens (including phenoxy) is 2. The minimum absolute atomic E-state index is 0.0763. The fourth-order valence-corrected chi connectivity index (χ4v) is 2.79. The van der Waals surface area contributed by atoms with Gasteiger partial charge in [0.25, 0.3) is 11.6 Å². The van der Waals surface area contributed by atoms with Gasteiger partial charge in [-0.1, -0.05) is 24.3 Å². The average Bonchev–Trinajstić information content (AvgIpc) is 2.76. The lowest BCUT2D eigenvalue weighted by Gasteiger charge is -2.11. The number of nitriles is 1. The number of nitro groups is 1. The van der Waals surface area contributed by atoms with Gasteiger partial charge in [0.15, 0.2) is 6.61 Å². The molecule has 0 atom stereocenters. The predicted molar refractivity (Wildman–Crippen MR) is 107 cm³/mol. The number of benzene rings is 3. The van der Waals surface area contributed by atoms with E-state index in [0.717, 1.165) is 22.9 Å². The molecular formula is C21H15N3O6. The number of fused-ring (bicyclic) bond motifs is 1. The molecule has 0 spiro atoms. The fraction of sp³-hybridized carbons (Fsp3) is 0.0952. The third-order valence-electron chi connectivity index (χ3n) is 4.23. The number of hydrogen-bond donors (Lipinski definition) is 1. The van der Waals surface area contributed by atoms with E-state index in [-0.39, 0.29) is 22.5 Å². The molecule has 3 aromatic rings. The number of rotatable bonds is 6. The molecule has 9 heteroatoms. The zero-order valence-corrected chi connectivity index (χ0v) is 15.7. The number of nitrogens with one attached hydrogen (secondary N) is 1. The Kier molecular flexibility index (Phi) is 5.89. The molecule has 0 radical (unpaired) electrons. The molecule has 0 unspecified atom stereocenters. The molecule has 0 aliphatic carbocycles. The van der Waals surface area contributed by atoms with Crippen LogP contribution in [0.5, 0.6) is 5.75 Å². The van der Waals surface area contributed by atoms with Crippen LogP contribution in [0.3, 0.4) is 0 Å². The Bertz CT molecular complexity index is 1200. The molecule has 0 saturated heterocycles. The molecule has 1 amide bonds. The van der Waals surface area contributed by atoms with E-state index in [1.165, 1.54) is 13.2 Å². The van der Waals surface area contributed by atoms with Gasteiger partial charge in [0, 0.05) is 12.1 Å². The summed E-state index contributed by atoms with van der Waals surface area (Å²) in [7, 11) is 1.42. The number of carbonyl (C=O) groups is 2. The van der Waals surface area contributed by atoms with Crippen LogP contribution in [0.2, 0.25) is 0 Å². The third kappa shape index (κ3) is 4.34. The van der Waals surface area contributed by atoms with Crippen LogP contribution in [0.1, 0.15) is 15.9 Å². The Morgan fingerprint density at radius 1 is 1.13 bits per heavy atom. The quantitative estimate of drug-likeness (QED) is 0.377. The van der Waals surface area contributed by atoms with Crippen LogP contribution in [0, 0.1) is 21.4 Å². The number of anilines is 1. The number of hydrogen-bond acceptors (Lipinski definition) is 7. The summed E-state index contributed by atoms with van der Waals surface area (Å²) in [4.78, 5) is 34.7. The molecule has 0 aliphatic heterocycles. The van der Waals surface area contributed by atoms with Crippen molar-refractivity contribution in [2.45, 2.75) is 0 Å². The number of methoxy groups -OCH3 is 1.